The van der Waals surface area contributed by atoms with Crippen LogP contribution in [-0.2, 0) is 14.4 Å². The fraction of sp³-hybridized carbons (Fsp3) is 0.500. The molecule has 3 rings (SSSR count). The topological polar surface area (TPSA) is 75.7 Å². The second-order valence-electron chi connectivity index (χ2n) is 6.24. The largest absolute Gasteiger partial charge is 0.492 e. The summed E-state index contributed by atoms with van der Waals surface area (Å²) in [5.41, 5.74) is 0.542. The van der Waals surface area contributed by atoms with Crippen LogP contribution in [-0.4, -0.2) is 35.8 Å². The summed E-state index contributed by atoms with van der Waals surface area (Å²) in [4.78, 5) is 38.2. The van der Waals surface area contributed by atoms with Gasteiger partial charge in [-0.1, -0.05) is 25.0 Å². The quantitative estimate of drug-likeness (QED) is 0.840. The SMILES string of the molecule is CCOc1ccccc1NC(=O)CN1C(=O)[C@H]2CCCC[C@@H]2C1=O. The van der Waals surface area contributed by atoms with Gasteiger partial charge >= 0.3 is 0 Å². The van der Waals surface area contributed by atoms with Crippen LogP contribution in [0.25, 0.3) is 0 Å². The Hall–Kier alpha value is -2.37. The molecule has 0 spiro atoms. The van der Waals surface area contributed by atoms with Gasteiger partial charge in [0.2, 0.25) is 17.7 Å². The number of carbonyl (C=O) groups excluding carboxylic acids is 3. The Kier molecular flexibility index (Phi) is 4.83. The zero-order valence-corrected chi connectivity index (χ0v) is 13.8. The Bertz CT molecular complexity index is 634. The third-order valence-electron chi connectivity index (χ3n) is 4.70. The lowest BCUT2D eigenvalue weighted by Gasteiger charge is -2.19. The van der Waals surface area contributed by atoms with Gasteiger partial charge in [-0.05, 0) is 31.9 Å². The molecule has 2 aliphatic rings. The molecule has 1 aliphatic carbocycles. The Balaban J connectivity index is 1.67. The van der Waals surface area contributed by atoms with Gasteiger partial charge in [0.25, 0.3) is 0 Å². The molecule has 2 fully saturated rings. The van der Waals surface area contributed by atoms with Crippen LogP contribution in [0.3, 0.4) is 0 Å². The Morgan fingerprint density at radius 2 is 1.79 bits per heavy atom. The molecular weight excluding hydrogens is 308 g/mol. The van der Waals surface area contributed by atoms with Crippen molar-refractivity contribution in [1.82, 2.24) is 4.90 Å². The third kappa shape index (κ3) is 3.13. The number of likely N-dealkylation sites (tertiary alicyclic amines) is 1. The average Bonchev–Trinajstić information content (AvgIpc) is 2.82. The molecule has 2 atom stereocenters. The Morgan fingerprint density at radius 1 is 1.17 bits per heavy atom. The Morgan fingerprint density at radius 3 is 2.42 bits per heavy atom. The van der Waals surface area contributed by atoms with Gasteiger partial charge in [-0.2, -0.15) is 0 Å². The van der Waals surface area contributed by atoms with E-state index in [0.717, 1.165) is 30.6 Å². The van der Waals surface area contributed by atoms with E-state index in [2.05, 4.69) is 5.32 Å². The molecule has 1 aliphatic heterocycles. The highest BCUT2D eigenvalue weighted by atomic mass is 16.5. The van der Waals surface area contributed by atoms with E-state index in [4.69, 9.17) is 4.74 Å². The summed E-state index contributed by atoms with van der Waals surface area (Å²) in [7, 11) is 0. The minimum atomic E-state index is -0.387. The number of nitrogens with zero attached hydrogens (tertiary/aromatic N) is 1. The molecule has 24 heavy (non-hydrogen) atoms. The summed E-state index contributed by atoms with van der Waals surface area (Å²) in [5.74, 6) is -0.663. The molecule has 1 heterocycles. The van der Waals surface area contributed by atoms with Crippen LogP contribution in [0, 0.1) is 11.8 Å². The van der Waals surface area contributed by atoms with E-state index < -0.39 is 0 Å². The Labute approximate surface area is 141 Å². The van der Waals surface area contributed by atoms with Gasteiger partial charge in [0.1, 0.15) is 12.3 Å². The molecule has 1 aromatic carbocycles. The molecule has 6 heteroatoms. The lowest BCUT2D eigenvalue weighted by molar-refractivity contribution is -0.142. The van der Waals surface area contributed by atoms with Crippen molar-refractivity contribution < 1.29 is 19.1 Å². The first-order chi connectivity index (χ1) is 11.6. The fourth-order valence-corrected chi connectivity index (χ4v) is 3.57. The van der Waals surface area contributed by atoms with Crippen molar-refractivity contribution >= 4 is 23.4 Å². The highest BCUT2D eigenvalue weighted by Gasteiger charge is 2.48. The van der Waals surface area contributed by atoms with Crippen molar-refractivity contribution in [3.63, 3.8) is 0 Å². The highest BCUT2D eigenvalue weighted by Crippen LogP contribution is 2.37. The van der Waals surface area contributed by atoms with Gasteiger partial charge in [-0.3, -0.25) is 19.3 Å². The number of ether oxygens (including phenoxy) is 1. The summed E-state index contributed by atoms with van der Waals surface area (Å²) in [6, 6.07) is 7.10. The number of anilines is 1. The van der Waals surface area contributed by atoms with Crippen LogP contribution < -0.4 is 10.1 Å². The van der Waals surface area contributed by atoms with Crippen molar-refractivity contribution in [3.05, 3.63) is 24.3 Å². The molecule has 0 radical (unpaired) electrons. The lowest BCUT2D eigenvalue weighted by atomic mass is 9.81. The molecule has 128 valence electrons. The van der Waals surface area contributed by atoms with Crippen LogP contribution in [0.2, 0.25) is 0 Å². The van der Waals surface area contributed by atoms with Crippen LogP contribution in [0.1, 0.15) is 32.6 Å². The van der Waals surface area contributed by atoms with Crippen molar-refractivity contribution in [2.45, 2.75) is 32.6 Å². The van der Waals surface area contributed by atoms with E-state index in [-0.39, 0.29) is 36.1 Å². The van der Waals surface area contributed by atoms with E-state index in [1.165, 1.54) is 0 Å². The van der Waals surface area contributed by atoms with Gasteiger partial charge in [-0.15, -0.1) is 0 Å². The van der Waals surface area contributed by atoms with Crippen LogP contribution >= 0.6 is 0 Å². The standard InChI is InChI=1S/C18H22N2O4/c1-2-24-15-10-6-5-9-14(15)19-16(21)11-20-17(22)12-7-3-4-8-13(12)18(20)23/h5-6,9-10,12-13H,2-4,7-8,11H2,1H3,(H,19,21)/t12-,13-/m0/s1. The van der Waals surface area contributed by atoms with E-state index in [1.807, 2.05) is 13.0 Å². The zero-order chi connectivity index (χ0) is 17.1. The number of hydrogen-bond donors (Lipinski definition) is 1. The summed E-state index contributed by atoms with van der Waals surface area (Å²) in [6.45, 7) is 2.12. The number of hydrogen-bond acceptors (Lipinski definition) is 4. The second-order valence-corrected chi connectivity index (χ2v) is 6.24. The van der Waals surface area contributed by atoms with Crippen molar-refractivity contribution in [3.8, 4) is 5.75 Å². The molecule has 1 saturated carbocycles. The van der Waals surface area contributed by atoms with Crippen LogP contribution in [0.15, 0.2) is 24.3 Å². The minimum Gasteiger partial charge on any atom is -0.492 e. The summed E-state index contributed by atoms with van der Waals surface area (Å²) < 4.78 is 5.47. The highest BCUT2D eigenvalue weighted by molar-refractivity contribution is 6.08. The molecule has 1 N–H and O–H groups in total. The van der Waals surface area contributed by atoms with E-state index >= 15 is 0 Å². The lowest BCUT2D eigenvalue weighted by Crippen LogP contribution is -2.38. The minimum absolute atomic E-state index is 0.196. The number of amides is 3. The molecule has 0 bridgehead atoms. The number of imide groups is 1. The summed E-state index contributed by atoms with van der Waals surface area (Å²) in [5, 5.41) is 2.73. The number of para-hydroxylation sites is 2. The maximum absolute atomic E-state index is 12.4. The maximum Gasteiger partial charge on any atom is 0.244 e. The smallest absolute Gasteiger partial charge is 0.244 e. The van der Waals surface area contributed by atoms with Crippen LogP contribution in [0.4, 0.5) is 5.69 Å². The van der Waals surface area contributed by atoms with E-state index in [9.17, 15) is 14.4 Å². The van der Waals surface area contributed by atoms with Gasteiger partial charge in [0.05, 0.1) is 24.1 Å². The second kappa shape index (κ2) is 7.03. The fourth-order valence-electron chi connectivity index (χ4n) is 3.57. The molecule has 0 aromatic heterocycles. The summed E-state index contributed by atoms with van der Waals surface area (Å²) in [6.07, 6.45) is 3.45. The van der Waals surface area contributed by atoms with Gasteiger partial charge in [0, 0.05) is 0 Å². The number of rotatable bonds is 5. The van der Waals surface area contributed by atoms with Crippen LogP contribution in [0.5, 0.6) is 5.75 Å². The normalized spacial score (nSPS) is 23.1. The number of nitrogens with one attached hydrogen (secondary N) is 1. The van der Waals surface area contributed by atoms with Crippen molar-refractivity contribution in [2.75, 3.05) is 18.5 Å². The average molecular weight is 330 g/mol. The van der Waals surface area contributed by atoms with E-state index in [1.54, 1.807) is 18.2 Å². The monoisotopic (exact) mass is 330 g/mol. The first-order valence-corrected chi connectivity index (χ1v) is 8.48. The maximum atomic E-state index is 12.4. The first-order valence-electron chi connectivity index (χ1n) is 8.48. The van der Waals surface area contributed by atoms with E-state index in [0.29, 0.717) is 18.0 Å². The number of carbonyl (C=O) groups is 3. The molecule has 3 amide bonds. The van der Waals surface area contributed by atoms with Gasteiger partial charge in [-0.25, -0.2) is 0 Å². The molecular formula is C18H22N2O4. The molecule has 0 unspecified atom stereocenters. The van der Waals surface area contributed by atoms with Crippen molar-refractivity contribution in [1.29, 1.82) is 0 Å². The first kappa shape index (κ1) is 16.5. The molecule has 1 saturated heterocycles. The molecule has 1 aromatic rings. The predicted octanol–water partition coefficient (Wildman–Crippen LogP) is 2.20. The third-order valence-corrected chi connectivity index (χ3v) is 4.70. The number of benzene rings is 1. The number of fused-ring (bicyclic) bond motifs is 1. The predicted molar refractivity (Wildman–Crippen MR) is 88.4 cm³/mol. The zero-order valence-electron chi connectivity index (χ0n) is 13.8. The molecule has 6 nitrogen and oxygen atoms in total. The van der Waals surface area contributed by atoms with Gasteiger partial charge in [0.15, 0.2) is 0 Å². The van der Waals surface area contributed by atoms with Crippen molar-refractivity contribution in [2.24, 2.45) is 11.8 Å². The summed E-state index contributed by atoms with van der Waals surface area (Å²) >= 11 is 0. The van der Waals surface area contributed by atoms with Gasteiger partial charge < -0.3 is 10.1 Å².